The zero-order chi connectivity index (χ0) is 13.2. The van der Waals surface area contributed by atoms with Crippen molar-refractivity contribution in [1.29, 1.82) is 0 Å². The van der Waals surface area contributed by atoms with Crippen LogP contribution in [0.1, 0.15) is 29.7 Å². The molecule has 0 aromatic heterocycles. The number of allylic oxidation sites excluding steroid dienone is 1. The standard InChI is InChI=1S/C18H17N/c1-13-8-6-7-11-16(13)17-12-14(2)18(19-17)15-9-4-3-5-10-15/h3-12,17H,1-2H3. The summed E-state index contributed by atoms with van der Waals surface area (Å²) in [5, 5.41) is 0. The first-order chi connectivity index (χ1) is 9.25. The third-order valence-electron chi connectivity index (χ3n) is 3.60. The normalized spacial score (nSPS) is 18.1. The van der Waals surface area contributed by atoms with Crippen LogP contribution >= 0.6 is 0 Å². The van der Waals surface area contributed by atoms with Gasteiger partial charge in [-0.25, -0.2) is 0 Å². The van der Waals surface area contributed by atoms with Gasteiger partial charge >= 0.3 is 0 Å². The van der Waals surface area contributed by atoms with E-state index in [4.69, 9.17) is 4.99 Å². The maximum absolute atomic E-state index is 4.89. The fraction of sp³-hybridized carbons (Fsp3) is 0.167. The Morgan fingerprint density at radius 3 is 2.26 bits per heavy atom. The summed E-state index contributed by atoms with van der Waals surface area (Å²) in [5.41, 5.74) is 6.18. The Hall–Kier alpha value is -2.15. The number of aryl methyl sites for hydroxylation is 1. The number of hydrogen-bond donors (Lipinski definition) is 0. The fourth-order valence-corrected chi connectivity index (χ4v) is 2.57. The Balaban J connectivity index is 2.01. The third kappa shape index (κ3) is 2.24. The molecular formula is C18H17N. The van der Waals surface area contributed by atoms with E-state index in [1.807, 2.05) is 6.07 Å². The lowest BCUT2D eigenvalue weighted by Gasteiger charge is -2.08. The van der Waals surface area contributed by atoms with Crippen LogP contribution < -0.4 is 0 Å². The quantitative estimate of drug-likeness (QED) is 0.741. The minimum atomic E-state index is 0.163. The maximum atomic E-state index is 4.89. The van der Waals surface area contributed by atoms with E-state index in [0.717, 1.165) is 5.71 Å². The second-order valence-corrected chi connectivity index (χ2v) is 4.99. The predicted octanol–water partition coefficient (Wildman–Crippen LogP) is 4.49. The highest BCUT2D eigenvalue weighted by atomic mass is 14.8. The molecule has 1 atom stereocenters. The van der Waals surface area contributed by atoms with Gasteiger partial charge in [0.1, 0.15) is 0 Å². The van der Waals surface area contributed by atoms with E-state index >= 15 is 0 Å². The molecule has 0 radical (unpaired) electrons. The van der Waals surface area contributed by atoms with E-state index in [-0.39, 0.29) is 6.04 Å². The summed E-state index contributed by atoms with van der Waals surface area (Å²) in [4.78, 5) is 4.89. The maximum Gasteiger partial charge on any atom is 0.0946 e. The van der Waals surface area contributed by atoms with Gasteiger partial charge < -0.3 is 0 Å². The topological polar surface area (TPSA) is 12.4 Å². The molecule has 0 amide bonds. The van der Waals surface area contributed by atoms with Crippen LogP contribution in [0.2, 0.25) is 0 Å². The van der Waals surface area contributed by atoms with Crippen molar-refractivity contribution in [3.05, 3.63) is 82.9 Å². The molecule has 0 saturated carbocycles. The number of hydrogen-bond acceptors (Lipinski definition) is 1. The van der Waals surface area contributed by atoms with Gasteiger partial charge in [0, 0.05) is 0 Å². The first-order valence-electron chi connectivity index (χ1n) is 6.63. The van der Waals surface area contributed by atoms with Crippen molar-refractivity contribution < 1.29 is 0 Å². The molecule has 1 heteroatoms. The van der Waals surface area contributed by atoms with Gasteiger partial charge in [-0.2, -0.15) is 0 Å². The highest BCUT2D eigenvalue weighted by Crippen LogP contribution is 2.30. The van der Waals surface area contributed by atoms with E-state index in [2.05, 4.69) is 68.5 Å². The summed E-state index contributed by atoms with van der Waals surface area (Å²) in [6.45, 7) is 4.29. The number of nitrogens with zero attached hydrogens (tertiary/aromatic N) is 1. The lowest BCUT2D eigenvalue weighted by molar-refractivity contribution is 0.918. The fourth-order valence-electron chi connectivity index (χ4n) is 2.57. The van der Waals surface area contributed by atoms with Crippen molar-refractivity contribution in [2.45, 2.75) is 19.9 Å². The van der Waals surface area contributed by atoms with Gasteiger partial charge in [0.05, 0.1) is 11.8 Å². The smallest absolute Gasteiger partial charge is 0.0946 e. The summed E-state index contributed by atoms with van der Waals surface area (Å²) >= 11 is 0. The molecule has 94 valence electrons. The molecule has 0 bridgehead atoms. The molecule has 0 aliphatic carbocycles. The van der Waals surface area contributed by atoms with E-state index in [9.17, 15) is 0 Å². The third-order valence-corrected chi connectivity index (χ3v) is 3.60. The predicted molar refractivity (Wildman–Crippen MR) is 80.7 cm³/mol. The summed E-state index contributed by atoms with van der Waals surface area (Å²) in [6, 6.07) is 19.0. The molecule has 1 unspecified atom stereocenters. The van der Waals surface area contributed by atoms with Crippen LogP contribution in [-0.2, 0) is 0 Å². The second kappa shape index (κ2) is 4.85. The first kappa shape index (κ1) is 11.9. The highest BCUT2D eigenvalue weighted by Gasteiger charge is 2.19. The summed E-state index contributed by atoms with van der Waals surface area (Å²) in [5.74, 6) is 0. The van der Waals surface area contributed by atoms with Gasteiger partial charge in [-0.05, 0) is 36.1 Å². The number of rotatable bonds is 2. The Morgan fingerprint density at radius 2 is 1.53 bits per heavy atom. The molecule has 2 aromatic carbocycles. The average molecular weight is 247 g/mol. The highest BCUT2D eigenvalue weighted by molar-refractivity contribution is 6.13. The molecule has 0 fully saturated rings. The minimum Gasteiger partial charge on any atom is -0.272 e. The van der Waals surface area contributed by atoms with Crippen LogP contribution in [0.15, 0.2) is 71.2 Å². The van der Waals surface area contributed by atoms with Crippen molar-refractivity contribution in [1.82, 2.24) is 0 Å². The lowest BCUT2D eigenvalue weighted by atomic mass is 10.0. The molecular weight excluding hydrogens is 230 g/mol. The van der Waals surface area contributed by atoms with Crippen LogP contribution in [0, 0.1) is 6.92 Å². The van der Waals surface area contributed by atoms with Crippen molar-refractivity contribution in [3.8, 4) is 0 Å². The Bertz CT molecular complexity index is 650. The van der Waals surface area contributed by atoms with Crippen molar-refractivity contribution >= 4 is 5.71 Å². The molecule has 1 aliphatic heterocycles. The molecule has 0 N–H and O–H groups in total. The SMILES string of the molecule is CC1=CC(c2ccccc2C)N=C1c1ccccc1. The van der Waals surface area contributed by atoms with E-state index in [1.165, 1.54) is 22.3 Å². The van der Waals surface area contributed by atoms with Crippen molar-refractivity contribution in [2.24, 2.45) is 4.99 Å². The summed E-state index contributed by atoms with van der Waals surface area (Å²) in [7, 11) is 0. The van der Waals surface area contributed by atoms with Crippen LogP contribution in [0.25, 0.3) is 0 Å². The van der Waals surface area contributed by atoms with Crippen molar-refractivity contribution in [3.63, 3.8) is 0 Å². The molecule has 1 nitrogen and oxygen atoms in total. The van der Waals surface area contributed by atoms with Crippen LogP contribution in [0.4, 0.5) is 0 Å². The number of aliphatic imine (C=N–C) groups is 1. The number of benzene rings is 2. The zero-order valence-corrected chi connectivity index (χ0v) is 11.3. The average Bonchev–Trinajstić information content (AvgIpc) is 2.82. The van der Waals surface area contributed by atoms with Crippen molar-refractivity contribution in [2.75, 3.05) is 0 Å². The zero-order valence-electron chi connectivity index (χ0n) is 11.3. The van der Waals surface area contributed by atoms with Gasteiger partial charge in [0.15, 0.2) is 0 Å². The largest absolute Gasteiger partial charge is 0.272 e. The summed E-state index contributed by atoms with van der Waals surface area (Å²) in [6.07, 6.45) is 2.25. The minimum absolute atomic E-state index is 0.163. The van der Waals surface area contributed by atoms with Gasteiger partial charge in [-0.3, -0.25) is 4.99 Å². The van der Waals surface area contributed by atoms with E-state index in [0.29, 0.717) is 0 Å². The van der Waals surface area contributed by atoms with Crippen LogP contribution in [0.3, 0.4) is 0 Å². The molecule has 0 saturated heterocycles. The Labute approximate surface area is 114 Å². The lowest BCUT2D eigenvalue weighted by Crippen LogP contribution is -1.99. The molecule has 19 heavy (non-hydrogen) atoms. The van der Waals surface area contributed by atoms with Gasteiger partial charge in [-0.1, -0.05) is 60.7 Å². The Kier molecular flexibility index (Phi) is 3.04. The van der Waals surface area contributed by atoms with Gasteiger partial charge in [0.25, 0.3) is 0 Å². The monoisotopic (exact) mass is 247 g/mol. The van der Waals surface area contributed by atoms with E-state index < -0.39 is 0 Å². The molecule has 0 spiro atoms. The Morgan fingerprint density at radius 1 is 0.842 bits per heavy atom. The summed E-state index contributed by atoms with van der Waals surface area (Å²) < 4.78 is 0. The molecule has 2 aromatic rings. The first-order valence-corrected chi connectivity index (χ1v) is 6.63. The van der Waals surface area contributed by atoms with E-state index in [1.54, 1.807) is 0 Å². The molecule has 1 aliphatic rings. The second-order valence-electron chi connectivity index (χ2n) is 4.99. The van der Waals surface area contributed by atoms with Gasteiger partial charge in [0.2, 0.25) is 0 Å². The molecule has 1 heterocycles. The van der Waals surface area contributed by atoms with Crippen LogP contribution in [-0.4, -0.2) is 5.71 Å². The molecule has 3 rings (SSSR count). The van der Waals surface area contributed by atoms with Gasteiger partial charge in [-0.15, -0.1) is 0 Å². The van der Waals surface area contributed by atoms with Crippen LogP contribution in [0.5, 0.6) is 0 Å².